The first-order valence-electron chi connectivity index (χ1n) is 4.10. The molecule has 0 aromatic carbocycles. The lowest BCUT2D eigenvalue weighted by molar-refractivity contribution is -0.133. The van der Waals surface area contributed by atoms with Crippen LogP contribution in [-0.2, 0) is 0 Å². The number of nitrogens with zero attached hydrogens (tertiary/aromatic N) is 1. The molecule has 15 heavy (non-hydrogen) atoms. The number of hydrogen-bond donors (Lipinski definition) is 0. The SMILES string of the molecule is O=C(CCC(F)(F)F)c1ccc(Br)cn1. The maximum atomic E-state index is 11.8. The molecule has 82 valence electrons. The Morgan fingerprint density at radius 1 is 1.40 bits per heavy atom. The molecule has 0 spiro atoms. The average Bonchev–Trinajstić information content (AvgIpc) is 2.14. The Bertz CT molecular complexity index is 347. The Kier molecular flexibility index (Phi) is 3.84. The van der Waals surface area contributed by atoms with Gasteiger partial charge in [-0.25, -0.2) is 0 Å². The Balaban J connectivity index is 2.58. The number of rotatable bonds is 3. The number of aromatic nitrogens is 1. The smallest absolute Gasteiger partial charge is 0.292 e. The summed E-state index contributed by atoms with van der Waals surface area (Å²) in [5.41, 5.74) is 0.0578. The second-order valence-corrected chi connectivity index (χ2v) is 3.82. The highest BCUT2D eigenvalue weighted by molar-refractivity contribution is 9.10. The molecule has 0 fully saturated rings. The van der Waals surface area contributed by atoms with Crippen molar-refractivity contribution in [2.75, 3.05) is 0 Å². The molecule has 0 amide bonds. The van der Waals surface area contributed by atoms with Crippen LogP contribution in [0.15, 0.2) is 22.8 Å². The normalized spacial score (nSPS) is 11.5. The largest absolute Gasteiger partial charge is 0.389 e. The third-order valence-corrected chi connectivity index (χ3v) is 2.12. The van der Waals surface area contributed by atoms with Gasteiger partial charge in [0.05, 0.1) is 6.42 Å². The Morgan fingerprint density at radius 3 is 2.53 bits per heavy atom. The summed E-state index contributed by atoms with van der Waals surface area (Å²) in [4.78, 5) is 14.9. The summed E-state index contributed by atoms with van der Waals surface area (Å²) in [6.07, 6.45) is -4.59. The summed E-state index contributed by atoms with van der Waals surface area (Å²) in [5, 5.41) is 0. The van der Waals surface area contributed by atoms with Gasteiger partial charge in [-0.15, -0.1) is 0 Å². The van der Waals surface area contributed by atoms with Crippen molar-refractivity contribution >= 4 is 21.7 Å². The summed E-state index contributed by atoms with van der Waals surface area (Å²) < 4.78 is 36.1. The zero-order valence-corrected chi connectivity index (χ0v) is 9.10. The van der Waals surface area contributed by atoms with Gasteiger partial charge >= 0.3 is 6.18 Å². The molecule has 0 saturated heterocycles. The molecule has 0 unspecified atom stereocenters. The first-order chi connectivity index (χ1) is 6.88. The van der Waals surface area contributed by atoms with Gasteiger partial charge in [-0.2, -0.15) is 13.2 Å². The number of alkyl halides is 3. The maximum absolute atomic E-state index is 11.8. The highest BCUT2D eigenvalue weighted by atomic mass is 79.9. The van der Waals surface area contributed by atoms with E-state index in [2.05, 4.69) is 20.9 Å². The van der Waals surface area contributed by atoms with Gasteiger partial charge in [0.15, 0.2) is 5.78 Å². The fourth-order valence-electron chi connectivity index (χ4n) is 0.924. The van der Waals surface area contributed by atoms with Crippen LogP contribution in [0.2, 0.25) is 0 Å². The Morgan fingerprint density at radius 2 is 2.07 bits per heavy atom. The van der Waals surface area contributed by atoms with Crippen LogP contribution >= 0.6 is 15.9 Å². The lowest BCUT2D eigenvalue weighted by Crippen LogP contribution is -2.11. The third kappa shape index (κ3) is 4.42. The highest BCUT2D eigenvalue weighted by Crippen LogP contribution is 2.22. The molecule has 1 aromatic rings. The Labute approximate surface area is 92.6 Å². The van der Waals surface area contributed by atoms with Gasteiger partial charge in [0.1, 0.15) is 5.69 Å². The summed E-state index contributed by atoms with van der Waals surface area (Å²) >= 11 is 3.11. The minimum Gasteiger partial charge on any atom is -0.292 e. The van der Waals surface area contributed by atoms with Crippen LogP contribution in [0.1, 0.15) is 23.3 Å². The van der Waals surface area contributed by atoms with Gasteiger partial charge in [-0.1, -0.05) is 0 Å². The molecule has 0 saturated carbocycles. The zero-order valence-electron chi connectivity index (χ0n) is 7.51. The summed E-state index contributed by atoms with van der Waals surface area (Å²) in [6, 6.07) is 2.95. The second kappa shape index (κ2) is 4.74. The van der Waals surface area contributed by atoms with E-state index < -0.39 is 24.8 Å². The van der Waals surface area contributed by atoms with Crippen molar-refractivity contribution in [3.05, 3.63) is 28.5 Å². The van der Waals surface area contributed by atoms with Gasteiger partial charge < -0.3 is 0 Å². The van der Waals surface area contributed by atoms with Gasteiger partial charge in [0.2, 0.25) is 0 Å². The van der Waals surface area contributed by atoms with Crippen LogP contribution in [0.5, 0.6) is 0 Å². The number of carbonyl (C=O) groups excluding carboxylic acids is 1. The highest BCUT2D eigenvalue weighted by Gasteiger charge is 2.28. The quantitative estimate of drug-likeness (QED) is 0.795. The molecule has 1 aromatic heterocycles. The fraction of sp³-hybridized carbons (Fsp3) is 0.333. The molecule has 1 rings (SSSR count). The first-order valence-corrected chi connectivity index (χ1v) is 4.89. The average molecular weight is 282 g/mol. The molecule has 1 heterocycles. The number of halogens is 4. The standard InChI is InChI=1S/C9H7BrF3NO/c10-6-1-2-7(14-5-6)8(15)3-4-9(11,12)13/h1-2,5H,3-4H2. The minimum absolute atomic E-state index is 0.0578. The maximum Gasteiger partial charge on any atom is 0.389 e. The van der Waals surface area contributed by atoms with Crippen molar-refractivity contribution in [2.45, 2.75) is 19.0 Å². The summed E-state index contributed by atoms with van der Waals surface area (Å²) in [6.45, 7) is 0. The minimum atomic E-state index is -4.30. The zero-order chi connectivity index (χ0) is 11.5. The van der Waals surface area contributed by atoms with Crippen molar-refractivity contribution < 1.29 is 18.0 Å². The second-order valence-electron chi connectivity index (χ2n) is 2.90. The van der Waals surface area contributed by atoms with E-state index in [-0.39, 0.29) is 5.69 Å². The predicted molar refractivity (Wildman–Crippen MR) is 51.6 cm³/mol. The Hall–Kier alpha value is -0.910. The van der Waals surface area contributed by atoms with Crippen molar-refractivity contribution in [3.63, 3.8) is 0 Å². The monoisotopic (exact) mass is 281 g/mol. The number of pyridine rings is 1. The fourth-order valence-corrected chi connectivity index (χ4v) is 1.16. The lowest BCUT2D eigenvalue weighted by Gasteiger charge is -2.04. The summed E-state index contributed by atoms with van der Waals surface area (Å²) in [7, 11) is 0. The molecular formula is C9H7BrF3NO. The molecule has 0 aliphatic rings. The van der Waals surface area contributed by atoms with Crippen LogP contribution < -0.4 is 0 Å². The molecular weight excluding hydrogens is 275 g/mol. The van der Waals surface area contributed by atoms with Gasteiger partial charge in [0.25, 0.3) is 0 Å². The molecule has 0 atom stereocenters. The van der Waals surface area contributed by atoms with E-state index in [1.165, 1.54) is 12.3 Å². The number of Topliss-reactive ketones (excluding diaryl/α,β-unsaturated/α-hetero) is 1. The molecule has 0 bridgehead atoms. The van der Waals surface area contributed by atoms with Crippen molar-refractivity contribution in [1.29, 1.82) is 0 Å². The number of ketones is 1. The van der Waals surface area contributed by atoms with Crippen LogP contribution in [-0.4, -0.2) is 16.9 Å². The van der Waals surface area contributed by atoms with E-state index in [0.29, 0.717) is 4.47 Å². The van der Waals surface area contributed by atoms with E-state index in [1.54, 1.807) is 6.07 Å². The molecule has 0 radical (unpaired) electrons. The van der Waals surface area contributed by atoms with E-state index in [4.69, 9.17) is 0 Å². The van der Waals surface area contributed by atoms with Crippen molar-refractivity contribution in [1.82, 2.24) is 4.98 Å². The molecule has 6 heteroatoms. The third-order valence-electron chi connectivity index (χ3n) is 1.65. The predicted octanol–water partition coefficient (Wildman–Crippen LogP) is 3.37. The van der Waals surface area contributed by atoms with Crippen molar-refractivity contribution in [3.8, 4) is 0 Å². The van der Waals surface area contributed by atoms with Crippen LogP contribution in [0, 0.1) is 0 Å². The summed E-state index contributed by atoms with van der Waals surface area (Å²) in [5.74, 6) is -0.597. The lowest BCUT2D eigenvalue weighted by atomic mass is 10.1. The van der Waals surface area contributed by atoms with Crippen LogP contribution in [0.3, 0.4) is 0 Å². The first kappa shape index (κ1) is 12.2. The molecule has 2 nitrogen and oxygen atoms in total. The number of carbonyl (C=O) groups is 1. The topological polar surface area (TPSA) is 30.0 Å². The van der Waals surface area contributed by atoms with Crippen molar-refractivity contribution in [2.24, 2.45) is 0 Å². The molecule has 0 aliphatic carbocycles. The molecule has 0 N–H and O–H groups in total. The van der Waals surface area contributed by atoms with Crippen LogP contribution in [0.4, 0.5) is 13.2 Å². The van der Waals surface area contributed by atoms with E-state index >= 15 is 0 Å². The van der Waals surface area contributed by atoms with Gasteiger partial charge in [0, 0.05) is 17.1 Å². The van der Waals surface area contributed by atoms with Gasteiger partial charge in [-0.3, -0.25) is 9.78 Å². The number of hydrogen-bond acceptors (Lipinski definition) is 2. The van der Waals surface area contributed by atoms with E-state index in [9.17, 15) is 18.0 Å². The molecule has 0 aliphatic heterocycles. The van der Waals surface area contributed by atoms with Gasteiger partial charge in [-0.05, 0) is 28.1 Å². The van der Waals surface area contributed by atoms with E-state index in [1.807, 2.05) is 0 Å². The van der Waals surface area contributed by atoms with Crippen LogP contribution in [0.25, 0.3) is 0 Å². The van der Waals surface area contributed by atoms with E-state index in [0.717, 1.165) is 0 Å².